The van der Waals surface area contributed by atoms with E-state index in [0.717, 1.165) is 16.7 Å². The Morgan fingerprint density at radius 1 is 1.11 bits per heavy atom. The number of amides is 1. The van der Waals surface area contributed by atoms with Gasteiger partial charge < -0.3 is 10.1 Å². The van der Waals surface area contributed by atoms with Gasteiger partial charge in [0.05, 0.1) is 11.0 Å². The van der Waals surface area contributed by atoms with Crippen molar-refractivity contribution in [2.75, 3.05) is 6.61 Å². The Labute approximate surface area is 157 Å². The van der Waals surface area contributed by atoms with Crippen molar-refractivity contribution in [2.24, 2.45) is 0 Å². The lowest BCUT2D eigenvalue weighted by Gasteiger charge is -2.16. The molecule has 0 aliphatic heterocycles. The highest BCUT2D eigenvalue weighted by atomic mass is 16.6. The second-order valence-corrected chi connectivity index (χ2v) is 6.44. The van der Waals surface area contributed by atoms with Crippen LogP contribution in [-0.2, 0) is 9.53 Å². The van der Waals surface area contributed by atoms with Gasteiger partial charge in [0.2, 0.25) is 0 Å². The molecule has 2 aromatic carbocycles. The molecule has 0 aliphatic carbocycles. The summed E-state index contributed by atoms with van der Waals surface area (Å²) in [6.07, 6.45) is 0. The molecule has 1 amide bonds. The summed E-state index contributed by atoms with van der Waals surface area (Å²) in [5, 5.41) is 13.9. The fourth-order valence-corrected chi connectivity index (χ4v) is 2.68. The van der Waals surface area contributed by atoms with Crippen LogP contribution in [0.3, 0.4) is 0 Å². The third-order valence-electron chi connectivity index (χ3n) is 4.38. The van der Waals surface area contributed by atoms with Gasteiger partial charge in [0.1, 0.15) is 5.56 Å². The SMILES string of the molecule is Cc1ccc([C@@H](C)NC(=O)COC(=O)c2cccc(C)c2[N+](=O)[O-])cc1C. The molecule has 1 N–H and O–H groups in total. The van der Waals surface area contributed by atoms with Crippen LogP contribution < -0.4 is 5.32 Å². The van der Waals surface area contributed by atoms with Gasteiger partial charge in [0.25, 0.3) is 11.6 Å². The van der Waals surface area contributed by atoms with Gasteiger partial charge in [-0.3, -0.25) is 14.9 Å². The molecule has 27 heavy (non-hydrogen) atoms. The molecule has 0 saturated carbocycles. The van der Waals surface area contributed by atoms with Crippen LogP contribution in [0.4, 0.5) is 5.69 Å². The first-order valence-electron chi connectivity index (χ1n) is 8.48. The molecule has 7 heteroatoms. The van der Waals surface area contributed by atoms with E-state index in [1.165, 1.54) is 25.1 Å². The number of para-hydroxylation sites is 1. The number of ether oxygens (including phenoxy) is 1. The fourth-order valence-electron chi connectivity index (χ4n) is 2.68. The first-order chi connectivity index (χ1) is 12.7. The predicted molar refractivity (Wildman–Crippen MR) is 101 cm³/mol. The molecule has 0 aliphatic rings. The highest BCUT2D eigenvalue weighted by Crippen LogP contribution is 2.23. The molecule has 0 spiro atoms. The van der Waals surface area contributed by atoms with E-state index in [4.69, 9.17) is 4.74 Å². The van der Waals surface area contributed by atoms with Gasteiger partial charge in [-0.15, -0.1) is 0 Å². The first-order valence-corrected chi connectivity index (χ1v) is 8.48. The Bertz CT molecular complexity index is 892. The van der Waals surface area contributed by atoms with E-state index < -0.39 is 23.4 Å². The van der Waals surface area contributed by atoms with Gasteiger partial charge in [-0.2, -0.15) is 0 Å². The zero-order valence-electron chi connectivity index (χ0n) is 15.7. The quantitative estimate of drug-likeness (QED) is 0.476. The monoisotopic (exact) mass is 370 g/mol. The lowest BCUT2D eigenvalue weighted by molar-refractivity contribution is -0.385. The maximum atomic E-state index is 12.2. The summed E-state index contributed by atoms with van der Waals surface area (Å²) in [7, 11) is 0. The molecule has 2 aromatic rings. The summed E-state index contributed by atoms with van der Waals surface area (Å²) in [6, 6.07) is 10.0. The maximum Gasteiger partial charge on any atom is 0.345 e. The molecule has 0 fully saturated rings. The molecule has 0 heterocycles. The minimum Gasteiger partial charge on any atom is -0.452 e. The van der Waals surface area contributed by atoms with Crippen molar-refractivity contribution in [1.82, 2.24) is 5.32 Å². The van der Waals surface area contributed by atoms with Crippen LogP contribution in [0.25, 0.3) is 0 Å². The zero-order valence-corrected chi connectivity index (χ0v) is 15.7. The van der Waals surface area contributed by atoms with E-state index in [2.05, 4.69) is 5.32 Å². The summed E-state index contributed by atoms with van der Waals surface area (Å²) < 4.78 is 4.96. The number of esters is 1. The van der Waals surface area contributed by atoms with Crippen LogP contribution in [0.2, 0.25) is 0 Å². The van der Waals surface area contributed by atoms with E-state index in [-0.39, 0.29) is 17.3 Å². The van der Waals surface area contributed by atoms with Crippen LogP contribution in [0.1, 0.15) is 45.6 Å². The van der Waals surface area contributed by atoms with Gasteiger partial charge >= 0.3 is 5.97 Å². The smallest absolute Gasteiger partial charge is 0.345 e. The molecule has 0 radical (unpaired) electrons. The average Bonchev–Trinajstić information content (AvgIpc) is 2.61. The Hall–Kier alpha value is -3.22. The molecule has 0 saturated heterocycles. The van der Waals surface area contributed by atoms with Gasteiger partial charge in [-0.05, 0) is 50.5 Å². The van der Waals surface area contributed by atoms with Crippen LogP contribution in [0, 0.1) is 30.9 Å². The van der Waals surface area contributed by atoms with E-state index in [0.29, 0.717) is 5.56 Å². The van der Waals surface area contributed by atoms with Crippen LogP contribution in [0.5, 0.6) is 0 Å². The summed E-state index contributed by atoms with van der Waals surface area (Å²) in [5.74, 6) is -1.39. The minimum atomic E-state index is -0.903. The van der Waals surface area contributed by atoms with Crippen molar-refractivity contribution in [3.8, 4) is 0 Å². The van der Waals surface area contributed by atoms with Gasteiger partial charge in [-0.1, -0.05) is 30.3 Å². The molecule has 0 aromatic heterocycles. The first kappa shape index (κ1) is 20.1. The molecular formula is C20H22N2O5. The van der Waals surface area contributed by atoms with Gasteiger partial charge in [0.15, 0.2) is 6.61 Å². The summed E-state index contributed by atoms with van der Waals surface area (Å²) in [4.78, 5) is 34.8. The predicted octanol–water partition coefficient (Wildman–Crippen LogP) is 3.55. The van der Waals surface area contributed by atoms with Crippen molar-refractivity contribution in [1.29, 1.82) is 0 Å². The lowest BCUT2D eigenvalue weighted by atomic mass is 10.0. The number of nitro groups is 1. The van der Waals surface area contributed by atoms with E-state index >= 15 is 0 Å². The van der Waals surface area contributed by atoms with E-state index in [1.54, 1.807) is 0 Å². The normalized spacial score (nSPS) is 11.6. The van der Waals surface area contributed by atoms with Crippen molar-refractivity contribution in [3.05, 3.63) is 74.3 Å². The number of benzene rings is 2. The van der Waals surface area contributed by atoms with Crippen molar-refractivity contribution < 1.29 is 19.2 Å². The number of aryl methyl sites for hydroxylation is 3. The molecule has 0 unspecified atom stereocenters. The number of nitrogens with zero attached hydrogens (tertiary/aromatic N) is 1. The van der Waals surface area contributed by atoms with Crippen molar-refractivity contribution in [2.45, 2.75) is 33.7 Å². The number of nitro benzene ring substituents is 1. The highest BCUT2D eigenvalue weighted by Gasteiger charge is 2.24. The van der Waals surface area contributed by atoms with Gasteiger partial charge in [-0.25, -0.2) is 4.79 Å². The van der Waals surface area contributed by atoms with Crippen LogP contribution >= 0.6 is 0 Å². The third kappa shape index (κ3) is 4.91. The summed E-state index contributed by atoms with van der Waals surface area (Å²) in [5.41, 5.74) is 3.08. The zero-order chi connectivity index (χ0) is 20.1. The number of hydrogen-bond donors (Lipinski definition) is 1. The summed E-state index contributed by atoms with van der Waals surface area (Å²) >= 11 is 0. The topological polar surface area (TPSA) is 98.5 Å². The van der Waals surface area contributed by atoms with Crippen molar-refractivity contribution in [3.63, 3.8) is 0 Å². The Balaban J connectivity index is 1.99. The number of hydrogen-bond acceptors (Lipinski definition) is 5. The Morgan fingerprint density at radius 3 is 2.44 bits per heavy atom. The van der Waals surface area contributed by atoms with Crippen LogP contribution in [0.15, 0.2) is 36.4 Å². The lowest BCUT2D eigenvalue weighted by Crippen LogP contribution is -2.31. The standard InChI is InChI=1S/C20H22N2O5/c1-12-8-9-16(10-14(12)3)15(4)21-18(23)11-27-20(24)17-7-5-6-13(2)19(17)22(25)26/h5-10,15H,11H2,1-4H3,(H,21,23)/t15-/m1/s1. The second kappa shape index (κ2) is 8.44. The maximum absolute atomic E-state index is 12.2. The second-order valence-electron chi connectivity index (χ2n) is 6.44. The third-order valence-corrected chi connectivity index (χ3v) is 4.38. The molecule has 7 nitrogen and oxygen atoms in total. The fraction of sp³-hybridized carbons (Fsp3) is 0.300. The minimum absolute atomic E-state index is 0.171. The highest BCUT2D eigenvalue weighted by molar-refractivity contribution is 5.95. The molecule has 142 valence electrons. The number of rotatable bonds is 6. The van der Waals surface area contributed by atoms with Crippen molar-refractivity contribution >= 4 is 17.6 Å². The van der Waals surface area contributed by atoms with E-state index in [9.17, 15) is 19.7 Å². The van der Waals surface area contributed by atoms with Gasteiger partial charge in [0, 0.05) is 5.56 Å². The number of carbonyl (C=O) groups excluding carboxylic acids is 2. The van der Waals surface area contributed by atoms with Crippen LogP contribution in [-0.4, -0.2) is 23.4 Å². The molecular weight excluding hydrogens is 348 g/mol. The Kier molecular flexibility index (Phi) is 6.28. The average molecular weight is 370 g/mol. The summed E-state index contributed by atoms with van der Waals surface area (Å²) in [6.45, 7) is 6.84. The largest absolute Gasteiger partial charge is 0.452 e. The Morgan fingerprint density at radius 2 is 1.81 bits per heavy atom. The van der Waals surface area contributed by atoms with E-state index in [1.807, 2.05) is 39.0 Å². The molecule has 2 rings (SSSR count). The molecule has 1 atom stereocenters. The number of nitrogens with one attached hydrogen (secondary N) is 1. The molecule has 0 bridgehead atoms. The number of carbonyl (C=O) groups is 2.